The standard InChI is InChI=1S/C27H23N5O3/c1-19(33)21-9-5-11-23(15-21)32(27(35)24-18-29-13-14-30-24)25(22-10-6-12-28-17-22)26(34)31-16-20-7-3-2-4-8-20/h2-15,17-18,25H,16H2,1H3,(H,31,34). The zero-order valence-corrected chi connectivity index (χ0v) is 19.0. The molecule has 0 spiro atoms. The largest absolute Gasteiger partial charge is 0.350 e. The maximum Gasteiger partial charge on any atom is 0.279 e. The third kappa shape index (κ3) is 5.62. The molecule has 0 radical (unpaired) electrons. The molecule has 174 valence electrons. The highest BCUT2D eigenvalue weighted by Gasteiger charge is 2.34. The van der Waals surface area contributed by atoms with Crippen LogP contribution in [0.3, 0.4) is 0 Å². The van der Waals surface area contributed by atoms with Gasteiger partial charge in [0, 0.05) is 48.1 Å². The summed E-state index contributed by atoms with van der Waals surface area (Å²) in [6.45, 7) is 1.72. The molecule has 2 amide bonds. The summed E-state index contributed by atoms with van der Waals surface area (Å²) in [5.74, 6) is -1.11. The molecular weight excluding hydrogens is 442 g/mol. The molecule has 0 bridgehead atoms. The Kier molecular flexibility index (Phi) is 7.32. The SMILES string of the molecule is CC(=O)c1cccc(N(C(=O)c2cnccn2)C(C(=O)NCc2ccccc2)c2cccnc2)c1. The topological polar surface area (TPSA) is 105 Å². The van der Waals surface area contributed by atoms with Gasteiger partial charge in [-0.3, -0.25) is 29.3 Å². The quantitative estimate of drug-likeness (QED) is 0.397. The van der Waals surface area contributed by atoms with Crippen molar-refractivity contribution in [2.45, 2.75) is 19.5 Å². The number of carbonyl (C=O) groups is 3. The van der Waals surface area contributed by atoms with E-state index >= 15 is 0 Å². The van der Waals surface area contributed by atoms with Crippen molar-refractivity contribution < 1.29 is 14.4 Å². The molecule has 0 saturated heterocycles. The summed E-state index contributed by atoms with van der Waals surface area (Å²) in [5, 5.41) is 2.93. The van der Waals surface area contributed by atoms with E-state index < -0.39 is 17.9 Å². The Bertz CT molecular complexity index is 1310. The third-order valence-electron chi connectivity index (χ3n) is 5.35. The van der Waals surface area contributed by atoms with Crippen LogP contribution in [0.15, 0.2) is 97.7 Å². The van der Waals surface area contributed by atoms with Crippen molar-refractivity contribution in [3.05, 3.63) is 120 Å². The number of rotatable bonds is 8. The summed E-state index contributed by atoms with van der Waals surface area (Å²) in [4.78, 5) is 53.1. The maximum atomic E-state index is 13.8. The summed E-state index contributed by atoms with van der Waals surface area (Å²) in [7, 11) is 0. The molecule has 4 aromatic rings. The van der Waals surface area contributed by atoms with E-state index in [-0.39, 0.29) is 18.0 Å². The van der Waals surface area contributed by atoms with Crippen LogP contribution in [0.2, 0.25) is 0 Å². The number of aromatic nitrogens is 3. The first-order chi connectivity index (χ1) is 17.0. The minimum atomic E-state index is -1.08. The minimum absolute atomic E-state index is 0.0606. The summed E-state index contributed by atoms with van der Waals surface area (Å²) < 4.78 is 0. The van der Waals surface area contributed by atoms with E-state index in [0.29, 0.717) is 16.8 Å². The zero-order chi connectivity index (χ0) is 24.6. The van der Waals surface area contributed by atoms with Gasteiger partial charge >= 0.3 is 0 Å². The first kappa shape index (κ1) is 23.4. The van der Waals surface area contributed by atoms with Crippen molar-refractivity contribution in [1.82, 2.24) is 20.3 Å². The van der Waals surface area contributed by atoms with Crippen LogP contribution in [0, 0.1) is 0 Å². The first-order valence-corrected chi connectivity index (χ1v) is 11.0. The van der Waals surface area contributed by atoms with Crippen molar-refractivity contribution in [2.75, 3.05) is 4.90 Å². The smallest absolute Gasteiger partial charge is 0.279 e. The van der Waals surface area contributed by atoms with Crippen LogP contribution < -0.4 is 10.2 Å². The molecule has 0 aliphatic heterocycles. The van der Waals surface area contributed by atoms with Gasteiger partial charge in [0.1, 0.15) is 11.7 Å². The fraction of sp³-hybridized carbons (Fsp3) is 0.111. The Morgan fingerprint density at radius 3 is 2.37 bits per heavy atom. The van der Waals surface area contributed by atoms with Crippen molar-refractivity contribution in [1.29, 1.82) is 0 Å². The predicted octanol–water partition coefficient (Wildman–Crippen LogP) is 3.78. The van der Waals surface area contributed by atoms with Crippen molar-refractivity contribution in [3.8, 4) is 0 Å². The van der Waals surface area contributed by atoms with E-state index in [1.54, 1.807) is 48.8 Å². The average Bonchev–Trinajstić information content (AvgIpc) is 2.91. The molecule has 0 aliphatic carbocycles. The lowest BCUT2D eigenvalue weighted by molar-refractivity contribution is -0.122. The maximum absolute atomic E-state index is 13.8. The molecular formula is C27H23N5O3. The van der Waals surface area contributed by atoms with E-state index in [1.807, 2.05) is 30.3 Å². The van der Waals surface area contributed by atoms with E-state index in [0.717, 1.165) is 5.56 Å². The van der Waals surface area contributed by atoms with Crippen LogP contribution >= 0.6 is 0 Å². The highest BCUT2D eigenvalue weighted by atomic mass is 16.2. The number of carbonyl (C=O) groups excluding carboxylic acids is 3. The molecule has 2 aromatic carbocycles. The van der Waals surface area contributed by atoms with Gasteiger partial charge in [-0.2, -0.15) is 0 Å². The summed E-state index contributed by atoms with van der Waals surface area (Å²) in [5.41, 5.74) is 2.26. The number of ketones is 1. The Hall–Kier alpha value is -4.72. The first-order valence-electron chi connectivity index (χ1n) is 11.0. The van der Waals surface area contributed by atoms with Gasteiger partial charge in [0.15, 0.2) is 5.78 Å². The van der Waals surface area contributed by atoms with Crippen LogP contribution in [0.4, 0.5) is 5.69 Å². The van der Waals surface area contributed by atoms with Gasteiger partial charge in [0.05, 0.1) is 6.20 Å². The number of Topliss-reactive ketones (excluding diaryl/α,β-unsaturated/α-hetero) is 1. The van der Waals surface area contributed by atoms with Crippen molar-refractivity contribution >= 4 is 23.3 Å². The second-order valence-electron chi connectivity index (χ2n) is 7.76. The fourth-order valence-corrected chi connectivity index (χ4v) is 3.63. The number of nitrogens with zero attached hydrogens (tertiary/aromatic N) is 4. The van der Waals surface area contributed by atoms with Crippen LogP contribution in [0.25, 0.3) is 0 Å². The Labute approximate surface area is 202 Å². The van der Waals surface area contributed by atoms with Crippen molar-refractivity contribution in [3.63, 3.8) is 0 Å². The molecule has 0 aliphatic rings. The molecule has 1 atom stereocenters. The molecule has 8 nitrogen and oxygen atoms in total. The molecule has 8 heteroatoms. The predicted molar refractivity (Wildman–Crippen MR) is 131 cm³/mol. The van der Waals surface area contributed by atoms with Gasteiger partial charge < -0.3 is 5.32 Å². The molecule has 0 fully saturated rings. The number of nitrogens with one attached hydrogen (secondary N) is 1. The summed E-state index contributed by atoms with van der Waals surface area (Å²) in [6.07, 6.45) is 7.34. The number of amides is 2. The molecule has 2 aromatic heterocycles. The van der Waals surface area contributed by atoms with Gasteiger partial charge in [0.25, 0.3) is 5.91 Å². The van der Waals surface area contributed by atoms with Crippen LogP contribution in [0.5, 0.6) is 0 Å². The van der Waals surface area contributed by atoms with Gasteiger partial charge in [-0.05, 0) is 30.7 Å². The highest BCUT2D eigenvalue weighted by Crippen LogP contribution is 2.30. The zero-order valence-electron chi connectivity index (χ0n) is 19.0. The third-order valence-corrected chi connectivity index (χ3v) is 5.35. The number of anilines is 1. The Morgan fingerprint density at radius 2 is 1.69 bits per heavy atom. The average molecular weight is 466 g/mol. The monoisotopic (exact) mass is 465 g/mol. The van der Waals surface area contributed by atoms with Gasteiger partial charge in [0.2, 0.25) is 5.91 Å². The number of hydrogen-bond donors (Lipinski definition) is 1. The lowest BCUT2D eigenvalue weighted by Crippen LogP contribution is -2.44. The lowest BCUT2D eigenvalue weighted by atomic mass is 10.0. The highest BCUT2D eigenvalue weighted by molar-refractivity contribution is 6.09. The fourth-order valence-electron chi connectivity index (χ4n) is 3.63. The van der Waals surface area contributed by atoms with Crippen molar-refractivity contribution in [2.24, 2.45) is 0 Å². The molecule has 1 unspecified atom stereocenters. The molecule has 35 heavy (non-hydrogen) atoms. The molecule has 4 rings (SSSR count). The van der Waals surface area contributed by atoms with Gasteiger partial charge in [-0.15, -0.1) is 0 Å². The van der Waals surface area contributed by atoms with Gasteiger partial charge in [-0.25, -0.2) is 4.98 Å². The van der Waals surface area contributed by atoms with E-state index in [2.05, 4.69) is 20.3 Å². The van der Waals surface area contributed by atoms with E-state index in [4.69, 9.17) is 0 Å². The Morgan fingerprint density at radius 1 is 0.886 bits per heavy atom. The van der Waals surface area contributed by atoms with Gasteiger partial charge in [-0.1, -0.05) is 48.5 Å². The summed E-state index contributed by atoms with van der Waals surface area (Å²) in [6, 6.07) is 18.4. The second kappa shape index (κ2) is 10.9. The second-order valence-corrected chi connectivity index (χ2v) is 7.76. The van der Waals surface area contributed by atoms with Crippen LogP contribution in [-0.2, 0) is 11.3 Å². The molecule has 2 heterocycles. The number of pyridine rings is 1. The minimum Gasteiger partial charge on any atom is -0.350 e. The number of benzene rings is 2. The number of hydrogen-bond acceptors (Lipinski definition) is 6. The van der Waals surface area contributed by atoms with Crippen LogP contribution in [0.1, 0.15) is 44.9 Å². The lowest BCUT2D eigenvalue weighted by Gasteiger charge is -2.31. The summed E-state index contributed by atoms with van der Waals surface area (Å²) >= 11 is 0. The normalized spacial score (nSPS) is 11.3. The van der Waals surface area contributed by atoms with E-state index in [1.165, 1.54) is 30.4 Å². The van der Waals surface area contributed by atoms with Crippen LogP contribution in [-0.4, -0.2) is 32.5 Å². The Balaban J connectivity index is 1.80. The molecule has 0 saturated carbocycles. The van der Waals surface area contributed by atoms with E-state index in [9.17, 15) is 14.4 Å². The molecule has 1 N–H and O–H groups in total.